The molecule has 0 aliphatic heterocycles. The standard InChI is InChI=1S/C21H17N3O9/c1-32-14-7-2-10(8-11(14)9-33-13-5-3-12(4-6-13)24(30)31)15-16(20(26)27)18(22)23-19(25)17(15)21(28)29/h2-8H,9H2,1H3,(H,26,27)(H,28,29)(H3,22,23,25). The maximum absolute atomic E-state index is 12.2. The monoisotopic (exact) mass is 455 g/mol. The number of aromatic carboxylic acids is 2. The number of hydrogen-bond acceptors (Lipinski definition) is 8. The molecule has 12 nitrogen and oxygen atoms in total. The molecule has 170 valence electrons. The first kappa shape index (κ1) is 22.8. The highest BCUT2D eigenvalue weighted by Gasteiger charge is 2.27. The summed E-state index contributed by atoms with van der Waals surface area (Å²) in [5, 5.41) is 29.9. The van der Waals surface area contributed by atoms with E-state index in [0.717, 1.165) is 0 Å². The van der Waals surface area contributed by atoms with Gasteiger partial charge < -0.3 is 30.4 Å². The molecule has 33 heavy (non-hydrogen) atoms. The third-order valence-electron chi connectivity index (χ3n) is 4.68. The first-order chi connectivity index (χ1) is 15.6. The van der Waals surface area contributed by atoms with Gasteiger partial charge in [-0.05, 0) is 29.8 Å². The van der Waals surface area contributed by atoms with Crippen LogP contribution in [-0.4, -0.2) is 39.2 Å². The van der Waals surface area contributed by atoms with Crippen LogP contribution in [-0.2, 0) is 6.61 Å². The number of carboxylic acids is 2. The van der Waals surface area contributed by atoms with Crippen LogP contribution in [0.3, 0.4) is 0 Å². The minimum absolute atomic E-state index is 0.0886. The van der Waals surface area contributed by atoms with Gasteiger partial charge in [-0.15, -0.1) is 0 Å². The molecule has 2 aromatic carbocycles. The number of nitro benzene ring substituents is 1. The maximum atomic E-state index is 12.2. The van der Waals surface area contributed by atoms with Gasteiger partial charge >= 0.3 is 11.9 Å². The minimum Gasteiger partial charge on any atom is -0.496 e. The van der Waals surface area contributed by atoms with Gasteiger partial charge in [0.2, 0.25) is 0 Å². The van der Waals surface area contributed by atoms with Crippen LogP contribution in [0, 0.1) is 10.1 Å². The van der Waals surface area contributed by atoms with Crippen molar-refractivity contribution < 1.29 is 34.2 Å². The molecule has 3 aromatic rings. The molecule has 0 saturated carbocycles. The molecule has 12 heteroatoms. The van der Waals surface area contributed by atoms with E-state index in [1.807, 2.05) is 4.98 Å². The van der Waals surface area contributed by atoms with Crippen molar-refractivity contribution >= 4 is 23.4 Å². The Kier molecular flexibility index (Phi) is 6.29. The van der Waals surface area contributed by atoms with Crippen LogP contribution in [0.2, 0.25) is 0 Å². The second-order valence-electron chi connectivity index (χ2n) is 6.67. The van der Waals surface area contributed by atoms with Crippen molar-refractivity contribution in [2.45, 2.75) is 6.61 Å². The van der Waals surface area contributed by atoms with Gasteiger partial charge in [0, 0.05) is 23.3 Å². The molecule has 3 rings (SSSR count). The molecular weight excluding hydrogens is 438 g/mol. The van der Waals surface area contributed by atoms with Gasteiger partial charge in [-0.25, -0.2) is 9.59 Å². The molecule has 0 unspecified atom stereocenters. The fourth-order valence-corrected chi connectivity index (χ4v) is 3.21. The van der Waals surface area contributed by atoms with Crippen LogP contribution in [0.15, 0.2) is 47.3 Å². The Morgan fingerprint density at radius 2 is 1.73 bits per heavy atom. The molecular formula is C21H17N3O9. The number of nitrogens with zero attached hydrogens (tertiary/aromatic N) is 1. The van der Waals surface area contributed by atoms with Crippen LogP contribution in [0.4, 0.5) is 11.5 Å². The smallest absolute Gasteiger partial charge is 0.342 e. The molecule has 0 saturated heterocycles. The fourth-order valence-electron chi connectivity index (χ4n) is 3.21. The number of aromatic nitrogens is 1. The molecule has 0 aliphatic rings. The first-order valence-corrected chi connectivity index (χ1v) is 9.21. The van der Waals surface area contributed by atoms with E-state index in [4.69, 9.17) is 15.2 Å². The van der Waals surface area contributed by atoms with E-state index in [2.05, 4.69) is 0 Å². The Morgan fingerprint density at radius 3 is 2.27 bits per heavy atom. The largest absolute Gasteiger partial charge is 0.496 e. The van der Waals surface area contributed by atoms with E-state index < -0.39 is 39.4 Å². The Labute approximate surface area is 185 Å². The molecule has 0 atom stereocenters. The van der Waals surface area contributed by atoms with Crippen molar-refractivity contribution in [2.24, 2.45) is 0 Å². The summed E-state index contributed by atoms with van der Waals surface area (Å²) in [6.45, 7) is -0.113. The first-order valence-electron chi connectivity index (χ1n) is 9.21. The highest BCUT2D eigenvalue weighted by Crippen LogP contribution is 2.33. The van der Waals surface area contributed by atoms with Crippen LogP contribution >= 0.6 is 0 Å². The quantitative estimate of drug-likeness (QED) is 0.289. The third-order valence-corrected chi connectivity index (χ3v) is 4.68. The number of nitrogens with two attached hydrogens (primary N) is 1. The second kappa shape index (κ2) is 9.09. The van der Waals surface area contributed by atoms with E-state index >= 15 is 0 Å². The molecule has 1 heterocycles. The van der Waals surface area contributed by atoms with Crippen LogP contribution in [0.1, 0.15) is 26.3 Å². The lowest BCUT2D eigenvalue weighted by atomic mass is 9.94. The molecule has 0 amide bonds. The number of carbonyl (C=O) groups is 2. The highest BCUT2D eigenvalue weighted by atomic mass is 16.6. The van der Waals surface area contributed by atoms with E-state index in [1.165, 1.54) is 49.6 Å². The van der Waals surface area contributed by atoms with E-state index in [9.17, 15) is 34.7 Å². The van der Waals surface area contributed by atoms with Crippen LogP contribution in [0.25, 0.3) is 11.1 Å². The summed E-state index contributed by atoms with van der Waals surface area (Å²) in [7, 11) is 1.39. The van der Waals surface area contributed by atoms with Gasteiger partial charge in [0.05, 0.1) is 12.0 Å². The summed E-state index contributed by atoms with van der Waals surface area (Å²) in [6, 6.07) is 9.59. The van der Waals surface area contributed by atoms with Crippen LogP contribution in [0.5, 0.6) is 11.5 Å². The Morgan fingerprint density at radius 1 is 1.09 bits per heavy atom. The normalized spacial score (nSPS) is 10.5. The summed E-state index contributed by atoms with van der Waals surface area (Å²) in [6.07, 6.45) is 0. The van der Waals surface area contributed by atoms with E-state index in [-0.39, 0.29) is 23.4 Å². The zero-order valence-corrected chi connectivity index (χ0v) is 17.0. The highest BCUT2D eigenvalue weighted by molar-refractivity contribution is 6.07. The number of nitrogens with one attached hydrogen (secondary N) is 1. The van der Waals surface area contributed by atoms with E-state index in [0.29, 0.717) is 17.1 Å². The van der Waals surface area contributed by atoms with Crippen molar-refractivity contribution in [3.63, 3.8) is 0 Å². The van der Waals surface area contributed by atoms with Crippen molar-refractivity contribution in [1.82, 2.24) is 4.98 Å². The number of methoxy groups -OCH3 is 1. The second-order valence-corrected chi connectivity index (χ2v) is 6.67. The number of carboxylic acid groups (broad SMARTS) is 2. The number of non-ortho nitro benzene ring substituents is 1. The fraction of sp³-hybridized carbons (Fsp3) is 0.0952. The molecule has 0 spiro atoms. The molecule has 1 aromatic heterocycles. The summed E-state index contributed by atoms with van der Waals surface area (Å²) in [4.78, 5) is 48.1. The summed E-state index contributed by atoms with van der Waals surface area (Å²) in [5.74, 6) is -3.00. The van der Waals surface area contributed by atoms with Gasteiger partial charge in [0.15, 0.2) is 0 Å². The predicted molar refractivity (Wildman–Crippen MR) is 115 cm³/mol. The maximum Gasteiger partial charge on any atom is 0.342 e. The number of pyridine rings is 1. The van der Waals surface area contributed by atoms with Crippen molar-refractivity contribution in [3.05, 3.63) is 79.6 Å². The average Bonchev–Trinajstić information content (AvgIpc) is 2.76. The number of nitro groups is 1. The van der Waals surface area contributed by atoms with Gasteiger partial charge in [0.25, 0.3) is 11.2 Å². The molecule has 0 bridgehead atoms. The number of nitrogen functional groups attached to an aromatic ring is 1. The summed E-state index contributed by atoms with van der Waals surface area (Å²) in [5.41, 5.74) is 3.25. The molecule has 5 N–H and O–H groups in total. The van der Waals surface area contributed by atoms with Gasteiger partial charge in [-0.2, -0.15) is 0 Å². The molecule has 0 radical (unpaired) electrons. The number of benzene rings is 2. The predicted octanol–water partition coefficient (Wildman–Crippen LogP) is 2.52. The average molecular weight is 455 g/mol. The summed E-state index contributed by atoms with van der Waals surface area (Å²) >= 11 is 0. The summed E-state index contributed by atoms with van der Waals surface area (Å²) < 4.78 is 10.9. The van der Waals surface area contributed by atoms with Crippen molar-refractivity contribution in [2.75, 3.05) is 12.8 Å². The number of hydrogen-bond donors (Lipinski definition) is 4. The molecule has 0 aliphatic carbocycles. The number of aromatic amines is 1. The number of anilines is 1. The zero-order chi connectivity index (χ0) is 24.3. The minimum atomic E-state index is -1.63. The number of ether oxygens (including phenoxy) is 2. The van der Waals surface area contributed by atoms with Gasteiger partial charge in [-0.1, -0.05) is 6.07 Å². The zero-order valence-electron chi connectivity index (χ0n) is 17.0. The van der Waals surface area contributed by atoms with Crippen molar-refractivity contribution in [3.8, 4) is 22.6 Å². The SMILES string of the molecule is COc1ccc(-c2c(C(=O)O)c(N)[nH]c(=O)c2C(=O)O)cc1COc1ccc([N+](=O)[O-])cc1. The number of H-pyrrole nitrogens is 1. The lowest BCUT2D eigenvalue weighted by Crippen LogP contribution is -2.24. The van der Waals surface area contributed by atoms with Gasteiger partial charge in [0.1, 0.15) is 35.1 Å². The molecule has 0 fully saturated rings. The van der Waals surface area contributed by atoms with E-state index in [1.54, 1.807) is 0 Å². The van der Waals surface area contributed by atoms with Crippen LogP contribution < -0.4 is 20.8 Å². The Bertz CT molecular complexity index is 1310. The lowest BCUT2D eigenvalue weighted by molar-refractivity contribution is -0.384. The number of rotatable bonds is 8. The van der Waals surface area contributed by atoms with Crippen molar-refractivity contribution in [1.29, 1.82) is 0 Å². The topological polar surface area (TPSA) is 195 Å². The van der Waals surface area contributed by atoms with Gasteiger partial charge in [-0.3, -0.25) is 14.9 Å². The lowest BCUT2D eigenvalue weighted by Gasteiger charge is -2.15. The third kappa shape index (κ3) is 4.58. The Hall–Kier alpha value is -4.87. The Balaban J connectivity index is 2.09.